The Bertz CT molecular complexity index is 462. The van der Waals surface area contributed by atoms with Crippen molar-refractivity contribution >= 4 is 0 Å². The second-order valence-corrected chi connectivity index (χ2v) is 5.81. The monoisotopic (exact) mass is 249 g/mol. The van der Waals surface area contributed by atoms with Crippen molar-refractivity contribution in [3.05, 3.63) is 29.6 Å². The Hall–Kier alpha value is -1.09. The molecule has 18 heavy (non-hydrogen) atoms. The van der Waals surface area contributed by atoms with Gasteiger partial charge < -0.3 is 10.5 Å². The topological polar surface area (TPSA) is 35.2 Å². The Balaban J connectivity index is 1.98. The lowest BCUT2D eigenvalue weighted by Crippen LogP contribution is -2.49. The molecule has 2 aliphatic rings. The predicted molar refractivity (Wildman–Crippen MR) is 68.9 cm³/mol. The summed E-state index contributed by atoms with van der Waals surface area (Å²) in [7, 11) is 0. The number of ether oxygens (including phenoxy) is 1. The fraction of sp³-hybridized carbons (Fsp3) is 0.600. The molecular weight excluding hydrogens is 229 g/mol. The SMILES string of the molecule is CC1CCCCC12C[C@H](N)c1cc(F)ccc1O2. The smallest absolute Gasteiger partial charge is 0.125 e. The van der Waals surface area contributed by atoms with Gasteiger partial charge in [0.05, 0.1) is 0 Å². The highest BCUT2D eigenvalue weighted by molar-refractivity contribution is 5.39. The number of fused-ring (bicyclic) bond motifs is 1. The molecule has 1 heterocycles. The van der Waals surface area contributed by atoms with E-state index in [1.54, 1.807) is 6.07 Å². The third kappa shape index (κ3) is 1.81. The summed E-state index contributed by atoms with van der Waals surface area (Å²) in [5.41, 5.74) is 6.93. The highest BCUT2D eigenvalue weighted by atomic mass is 19.1. The first-order valence-electron chi connectivity index (χ1n) is 6.85. The minimum atomic E-state index is -0.236. The number of benzene rings is 1. The maximum absolute atomic E-state index is 13.3. The van der Waals surface area contributed by atoms with E-state index < -0.39 is 0 Å². The van der Waals surface area contributed by atoms with Crippen LogP contribution in [0.3, 0.4) is 0 Å². The van der Waals surface area contributed by atoms with Crippen molar-refractivity contribution in [2.75, 3.05) is 0 Å². The minimum absolute atomic E-state index is 0.106. The van der Waals surface area contributed by atoms with Crippen LogP contribution in [0, 0.1) is 11.7 Å². The van der Waals surface area contributed by atoms with Crippen LogP contribution in [0.4, 0.5) is 4.39 Å². The third-order valence-electron chi connectivity index (χ3n) is 4.64. The Labute approximate surface area is 107 Å². The van der Waals surface area contributed by atoms with E-state index in [4.69, 9.17) is 10.5 Å². The van der Waals surface area contributed by atoms with Crippen LogP contribution < -0.4 is 10.5 Å². The van der Waals surface area contributed by atoms with Crippen molar-refractivity contribution in [2.24, 2.45) is 11.7 Å². The van der Waals surface area contributed by atoms with Crippen molar-refractivity contribution < 1.29 is 9.13 Å². The second kappa shape index (κ2) is 4.23. The summed E-state index contributed by atoms with van der Waals surface area (Å²) in [6, 6.07) is 4.59. The van der Waals surface area contributed by atoms with Gasteiger partial charge in [0.25, 0.3) is 0 Å². The summed E-state index contributed by atoms with van der Waals surface area (Å²) < 4.78 is 19.5. The molecule has 0 radical (unpaired) electrons. The van der Waals surface area contributed by atoms with Crippen molar-refractivity contribution in [3.8, 4) is 5.75 Å². The first-order valence-corrected chi connectivity index (χ1v) is 6.85. The molecule has 2 N–H and O–H groups in total. The fourth-order valence-electron chi connectivity index (χ4n) is 3.48. The van der Waals surface area contributed by atoms with Crippen molar-refractivity contribution in [1.29, 1.82) is 0 Å². The predicted octanol–water partition coefficient (Wildman–Crippen LogP) is 3.56. The Morgan fingerprint density at radius 1 is 1.39 bits per heavy atom. The standard InChI is InChI=1S/C15H20FNO/c1-10-4-2-3-7-15(10)9-13(17)12-8-11(16)5-6-14(12)18-15/h5-6,8,10,13H,2-4,7,9,17H2,1H3/t10?,13-,15?/m0/s1. The van der Waals surface area contributed by atoms with Gasteiger partial charge in [-0.25, -0.2) is 4.39 Å². The molecule has 2 nitrogen and oxygen atoms in total. The van der Waals surface area contributed by atoms with Gasteiger partial charge >= 0.3 is 0 Å². The molecule has 0 aromatic heterocycles. The number of halogens is 1. The van der Waals surface area contributed by atoms with Gasteiger partial charge in [0.2, 0.25) is 0 Å². The van der Waals surface area contributed by atoms with Crippen molar-refractivity contribution in [1.82, 2.24) is 0 Å². The summed E-state index contributed by atoms with van der Waals surface area (Å²) in [5.74, 6) is 1.07. The zero-order valence-corrected chi connectivity index (χ0v) is 10.8. The molecule has 1 spiro atoms. The van der Waals surface area contributed by atoms with E-state index in [1.807, 2.05) is 0 Å². The van der Waals surface area contributed by atoms with E-state index in [0.29, 0.717) is 5.92 Å². The number of hydrogen-bond acceptors (Lipinski definition) is 2. The molecule has 0 amide bonds. The minimum Gasteiger partial charge on any atom is -0.487 e. The molecule has 1 aliphatic carbocycles. The molecule has 1 aliphatic heterocycles. The number of rotatable bonds is 0. The van der Waals surface area contributed by atoms with Crippen molar-refractivity contribution in [3.63, 3.8) is 0 Å². The average Bonchev–Trinajstić information content (AvgIpc) is 2.34. The first kappa shape index (κ1) is 12.0. The molecule has 1 fully saturated rings. The van der Waals surface area contributed by atoms with Crippen LogP contribution in [0.25, 0.3) is 0 Å². The van der Waals surface area contributed by atoms with Crippen LogP contribution in [0.5, 0.6) is 5.75 Å². The molecule has 1 aromatic carbocycles. The first-order chi connectivity index (χ1) is 8.61. The molecular formula is C15H20FNO. The van der Waals surface area contributed by atoms with Gasteiger partial charge in [-0.05, 0) is 43.4 Å². The largest absolute Gasteiger partial charge is 0.487 e. The van der Waals surface area contributed by atoms with E-state index in [9.17, 15) is 4.39 Å². The normalized spacial score (nSPS) is 35.1. The molecule has 0 bridgehead atoms. The highest BCUT2D eigenvalue weighted by Crippen LogP contribution is 2.47. The molecule has 0 saturated heterocycles. The Kier molecular flexibility index (Phi) is 2.81. The van der Waals surface area contributed by atoms with Gasteiger partial charge in [-0.2, -0.15) is 0 Å². The van der Waals surface area contributed by atoms with Gasteiger partial charge in [0.1, 0.15) is 17.2 Å². The molecule has 2 unspecified atom stereocenters. The number of nitrogens with two attached hydrogens (primary N) is 1. The Morgan fingerprint density at radius 3 is 3.00 bits per heavy atom. The maximum atomic E-state index is 13.3. The van der Waals surface area contributed by atoms with Crippen LogP contribution in [-0.4, -0.2) is 5.60 Å². The summed E-state index contributed by atoms with van der Waals surface area (Å²) in [4.78, 5) is 0. The average molecular weight is 249 g/mol. The summed E-state index contributed by atoms with van der Waals surface area (Å²) in [5, 5.41) is 0. The van der Waals surface area contributed by atoms with E-state index in [-0.39, 0.29) is 17.5 Å². The van der Waals surface area contributed by atoms with Crippen LogP contribution >= 0.6 is 0 Å². The molecule has 98 valence electrons. The van der Waals surface area contributed by atoms with Crippen LogP contribution in [-0.2, 0) is 0 Å². The fourth-order valence-corrected chi connectivity index (χ4v) is 3.48. The lowest BCUT2D eigenvalue weighted by Gasteiger charge is -2.47. The van der Waals surface area contributed by atoms with Crippen LogP contribution in [0.1, 0.15) is 50.6 Å². The summed E-state index contributed by atoms with van der Waals surface area (Å²) >= 11 is 0. The van der Waals surface area contributed by atoms with Gasteiger partial charge in [-0.15, -0.1) is 0 Å². The lowest BCUT2D eigenvalue weighted by atomic mass is 9.71. The molecule has 3 rings (SSSR count). The van der Waals surface area contributed by atoms with Crippen LogP contribution in [0.15, 0.2) is 18.2 Å². The summed E-state index contributed by atoms with van der Waals surface area (Å²) in [6.07, 6.45) is 5.55. The lowest BCUT2D eigenvalue weighted by molar-refractivity contribution is -0.0408. The maximum Gasteiger partial charge on any atom is 0.125 e. The van der Waals surface area contributed by atoms with Gasteiger partial charge in [-0.3, -0.25) is 0 Å². The molecule has 3 atom stereocenters. The van der Waals surface area contributed by atoms with Gasteiger partial charge in [-0.1, -0.05) is 13.3 Å². The number of hydrogen-bond donors (Lipinski definition) is 1. The zero-order valence-electron chi connectivity index (χ0n) is 10.8. The second-order valence-electron chi connectivity index (χ2n) is 5.81. The van der Waals surface area contributed by atoms with Gasteiger partial charge in [0, 0.05) is 18.0 Å². The summed E-state index contributed by atoms with van der Waals surface area (Å²) in [6.45, 7) is 2.25. The zero-order chi connectivity index (χ0) is 12.8. The van der Waals surface area contributed by atoms with Gasteiger partial charge in [0.15, 0.2) is 0 Å². The third-order valence-corrected chi connectivity index (χ3v) is 4.64. The molecule has 1 aromatic rings. The molecule has 1 saturated carbocycles. The van der Waals surface area contributed by atoms with E-state index in [0.717, 1.165) is 24.2 Å². The van der Waals surface area contributed by atoms with Crippen molar-refractivity contribution in [2.45, 2.75) is 50.7 Å². The van der Waals surface area contributed by atoms with Crippen LogP contribution in [0.2, 0.25) is 0 Å². The quantitative estimate of drug-likeness (QED) is 0.763. The van der Waals surface area contributed by atoms with E-state index in [2.05, 4.69) is 6.92 Å². The Morgan fingerprint density at radius 2 is 2.22 bits per heavy atom. The highest BCUT2D eigenvalue weighted by Gasteiger charge is 2.45. The van der Waals surface area contributed by atoms with E-state index in [1.165, 1.54) is 31.4 Å². The van der Waals surface area contributed by atoms with E-state index >= 15 is 0 Å². The molecule has 3 heteroatoms.